The van der Waals surface area contributed by atoms with Crippen LogP contribution in [0.15, 0.2) is 96.6 Å². The lowest BCUT2D eigenvalue weighted by atomic mass is 9.62. The Bertz CT molecular complexity index is 1720. The van der Waals surface area contributed by atoms with E-state index in [1.807, 2.05) is 84.9 Å². The first-order valence-corrected chi connectivity index (χ1v) is 12.7. The lowest BCUT2D eigenvalue weighted by Gasteiger charge is -2.46. The molecule has 1 saturated heterocycles. The average Bonchev–Trinajstić information content (AvgIpc) is 3.34. The van der Waals surface area contributed by atoms with E-state index >= 15 is 0 Å². The summed E-state index contributed by atoms with van der Waals surface area (Å²) in [5.74, 6) is -3.74. The van der Waals surface area contributed by atoms with Crippen molar-refractivity contribution in [2.45, 2.75) is 11.8 Å². The minimum Gasteiger partial charge on any atom is -0.466 e. The number of fused-ring (bicyclic) bond motifs is 2. The van der Waals surface area contributed by atoms with Gasteiger partial charge in [0.15, 0.2) is 5.41 Å². The first kappa shape index (κ1) is 24.6. The number of barbiturate groups is 1. The summed E-state index contributed by atoms with van der Waals surface area (Å²) in [6.07, 6.45) is 1.68. The van der Waals surface area contributed by atoms with Crippen LogP contribution in [-0.2, 0) is 19.1 Å². The average molecular weight is 519 g/mol. The van der Waals surface area contributed by atoms with Crippen molar-refractivity contribution in [2.24, 2.45) is 5.41 Å². The van der Waals surface area contributed by atoms with E-state index in [4.69, 9.17) is 4.74 Å². The van der Waals surface area contributed by atoms with Gasteiger partial charge in [0.2, 0.25) is 11.8 Å². The quantitative estimate of drug-likeness (QED) is 0.281. The normalized spacial score (nSPS) is 20.7. The van der Waals surface area contributed by atoms with Crippen LogP contribution in [0.1, 0.15) is 23.0 Å². The van der Waals surface area contributed by atoms with Gasteiger partial charge in [0.05, 0.1) is 7.11 Å². The first-order chi connectivity index (χ1) is 18.8. The van der Waals surface area contributed by atoms with Gasteiger partial charge >= 0.3 is 12.0 Å². The number of rotatable bonds is 3. The van der Waals surface area contributed by atoms with Crippen LogP contribution in [0, 0.1) is 5.41 Å². The molecule has 1 heterocycles. The highest BCUT2D eigenvalue weighted by molar-refractivity contribution is 6.22. The lowest BCUT2D eigenvalue weighted by Crippen LogP contribution is -2.65. The molecular formula is C32H26N2O5. The molecule has 0 saturated carbocycles. The molecular weight excluding hydrogens is 492 g/mol. The van der Waals surface area contributed by atoms with E-state index in [0.29, 0.717) is 11.1 Å². The number of methoxy groups -OCH3 is 1. The highest BCUT2D eigenvalue weighted by atomic mass is 16.5. The van der Waals surface area contributed by atoms with Gasteiger partial charge in [-0.05, 0) is 32.7 Å². The zero-order chi connectivity index (χ0) is 27.5. The number of amides is 4. The molecule has 4 aromatic rings. The minimum absolute atomic E-state index is 0.212. The van der Waals surface area contributed by atoms with Gasteiger partial charge in [-0.2, -0.15) is 0 Å². The number of hydrogen-bond donors (Lipinski definition) is 0. The van der Waals surface area contributed by atoms with E-state index in [2.05, 4.69) is 0 Å². The molecule has 2 atom stereocenters. The highest BCUT2D eigenvalue weighted by Crippen LogP contribution is 2.60. The van der Waals surface area contributed by atoms with Gasteiger partial charge < -0.3 is 4.74 Å². The van der Waals surface area contributed by atoms with Crippen molar-refractivity contribution < 1.29 is 23.9 Å². The third-order valence-corrected chi connectivity index (χ3v) is 8.15. The van der Waals surface area contributed by atoms with E-state index in [9.17, 15) is 19.2 Å². The molecule has 194 valence electrons. The van der Waals surface area contributed by atoms with E-state index in [1.54, 1.807) is 6.08 Å². The van der Waals surface area contributed by atoms with Crippen LogP contribution >= 0.6 is 0 Å². The molecule has 0 aromatic heterocycles. The Morgan fingerprint density at radius 1 is 0.718 bits per heavy atom. The summed E-state index contributed by atoms with van der Waals surface area (Å²) in [6, 6.07) is 26.2. The number of carbonyl (C=O) groups is 4. The van der Waals surface area contributed by atoms with Crippen molar-refractivity contribution in [2.75, 3.05) is 21.2 Å². The molecule has 39 heavy (non-hydrogen) atoms. The van der Waals surface area contributed by atoms with E-state index in [0.717, 1.165) is 31.3 Å². The zero-order valence-corrected chi connectivity index (χ0v) is 21.8. The largest absolute Gasteiger partial charge is 0.466 e. The molecule has 6 rings (SSSR count). The van der Waals surface area contributed by atoms with Crippen molar-refractivity contribution in [3.8, 4) is 0 Å². The summed E-state index contributed by atoms with van der Waals surface area (Å²) in [5.41, 5.74) is -0.294. The maximum absolute atomic E-state index is 14.3. The van der Waals surface area contributed by atoms with Crippen LogP contribution < -0.4 is 0 Å². The van der Waals surface area contributed by atoms with Crippen molar-refractivity contribution in [3.05, 3.63) is 108 Å². The Morgan fingerprint density at radius 2 is 1.21 bits per heavy atom. The molecule has 4 aromatic carbocycles. The summed E-state index contributed by atoms with van der Waals surface area (Å²) in [6.45, 7) is 0. The Hall–Kier alpha value is -4.78. The van der Waals surface area contributed by atoms with Crippen LogP contribution in [0.4, 0.5) is 4.79 Å². The maximum Gasteiger partial charge on any atom is 0.334 e. The first-order valence-electron chi connectivity index (χ1n) is 12.7. The van der Waals surface area contributed by atoms with Gasteiger partial charge in [0, 0.05) is 31.5 Å². The topological polar surface area (TPSA) is 84.0 Å². The molecule has 0 N–H and O–H groups in total. The summed E-state index contributed by atoms with van der Waals surface area (Å²) in [5, 5.41) is 3.81. The number of urea groups is 1. The predicted molar refractivity (Wildman–Crippen MR) is 147 cm³/mol. The number of carbonyl (C=O) groups excluding carboxylic acids is 4. The van der Waals surface area contributed by atoms with Gasteiger partial charge in [-0.3, -0.25) is 19.4 Å². The monoisotopic (exact) mass is 518 g/mol. The molecule has 0 bridgehead atoms. The molecule has 7 nitrogen and oxygen atoms in total. The van der Waals surface area contributed by atoms with Crippen LogP contribution in [0.25, 0.3) is 21.5 Å². The fourth-order valence-corrected chi connectivity index (χ4v) is 6.28. The van der Waals surface area contributed by atoms with Crippen LogP contribution in [-0.4, -0.2) is 54.8 Å². The maximum atomic E-state index is 14.3. The highest BCUT2D eigenvalue weighted by Gasteiger charge is 2.68. The van der Waals surface area contributed by atoms with Crippen LogP contribution in [0.3, 0.4) is 0 Å². The third-order valence-electron chi connectivity index (χ3n) is 8.15. The van der Waals surface area contributed by atoms with Gasteiger partial charge in [-0.25, -0.2) is 9.59 Å². The molecule has 1 aliphatic heterocycles. The zero-order valence-electron chi connectivity index (χ0n) is 21.8. The van der Waals surface area contributed by atoms with Crippen molar-refractivity contribution >= 4 is 45.4 Å². The smallest absolute Gasteiger partial charge is 0.334 e. The molecule has 1 spiro atoms. The molecule has 4 amide bonds. The number of esters is 1. The van der Waals surface area contributed by atoms with Gasteiger partial charge in [-0.15, -0.1) is 0 Å². The van der Waals surface area contributed by atoms with Crippen molar-refractivity contribution in [1.29, 1.82) is 0 Å². The van der Waals surface area contributed by atoms with Crippen LogP contribution in [0.2, 0.25) is 0 Å². The van der Waals surface area contributed by atoms with E-state index in [-0.39, 0.29) is 5.57 Å². The predicted octanol–water partition coefficient (Wildman–Crippen LogP) is 5.01. The number of nitrogens with zero attached hydrogens (tertiary/aromatic N) is 2. The molecule has 1 fully saturated rings. The van der Waals surface area contributed by atoms with Gasteiger partial charge in [0.25, 0.3) is 0 Å². The van der Waals surface area contributed by atoms with E-state index in [1.165, 1.54) is 21.2 Å². The Labute approximate surface area is 225 Å². The summed E-state index contributed by atoms with van der Waals surface area (Å²) >= 11 is 0. The lowest BCUT2D eigenvalue weighted by molar-refractivity contribution is -0.158. The fourth-order valence-electron chi connectivity index (χ4n) is 6.28. The number of hydrogen-bond acceptors (Lipinski definition) is 5. The van der Waals surface area contributed by atoms with Gasteiger partial charge in [-0.1, -0.05) is 91.0 Å². The molecule has 7 heteroatoms. The number of imide groups is 2. The minimum atomic E-state index is -1.81. The summed E-state index contributed by atoms with van der Waals surface area (Å²) < 4.78 is 5.18. The summed E-state index contributed by atoms with van der Waals surface area (Å²) in [7, 11) is 4.03. The van der Waals surface area contributed by atoms with E-state index < -0.39 is 41.1 Å². The Balaban J connectivity index is 1.67. The summed E-state index contributed by atoms with van der Waals surface area (Å²) in [4.78, 5) is 56.9. The standard InChI is InChI=1S/C32H26N2O5/c1-33-29(36)32(30(37)34(2)31(33)38)26(23-14-12-19-8-4-6-10-21(19)16-23)18-25(28(35)39-3)27(32)24-15-13-20-9-5-7-11-22(20)17-24/h4-18,26-27H,1-3H3/t26-,27-/m0/s1. The molecule has 2 aliphatic rings. The second-order valence-corrected chi connectivity index (χ2v) is 10.1. The Morgan fingerprint density at radius 3 is 1.74 bits per heavy atom. The fraction of sp³-hybridized carbons (Fsp3) is 0.188. The second kappa shape index (κ2) is 8.91. The van der Waals surface area contributed by atoms with Gasteiger partial charge in [0.1, 0.15) is 0 Å². The number of allylic oxidation sites excluding steroid dienone is 1. The van der Waals surface area contributed by atoms with Crippen LogP contribution in [0.5, 0.6) is 0 Å². The van der Waals surface area contributed by atoms with Crippen molar-refractivity contribution in [3.63, 3.8) is 0 Å². The number of benzene rings is 4. The SMILES string of the molecule is COC(=O)C1=C[C@@H](c2ccc3ccccc3c2)C2(C(=O)N(C)C(=O)N(C)C2=O)[C@H]1c1ccc2ccccc2c1. The molecule has 0 unspecified atom stereocenters. The number of ether oxygens (including phenoxy) is 1. The van der Waals surface area contributed by atoms with Crippen molar-refractivity contribution in [1.82, 2.24) is 9.80 Å². The molecule has 0 radical (unpaired) electrons. The molecule has 1 aliphatic carbocycles. The second-order valence-electron chi connectivity index (χ2n) is 10.1. The third kappa shape index (κ3) is 3.43. The Kier molecular flexibility index (Phi) is 5.61.